The number of hydrogen-bond donors (Lipinski definition) is 2. The van der Waals surface area contributed by atoms with E-state index in [2.05, 4.69) is 20.7 Å². The van der Waals surface area contributed by atoms with Gasteiger partial charge in [0.05, 0.1) is 12.8 Å². The Morgan fingerprint density at radius 1 is 1.09 bits per heavy atom. The highest BCUT2D eigenvalue weighted by Gasteiger charge is 2.18. The van der Waals surface area contributed by atoms with Gasteiger partial charge in [-0.3, -0.25) is 9.59 Å². The van der Waals surface area contributed by atoms with Crippen molar-refractivity contribution in [1.29, 1.82) is 0 Å². The second kappa shape index (κ2) is 9.63. The average molecular weight is 494 g/mol. The fourth-order valence-corrected chi connectivity index (χ4v) is 4.71. The van der Waals surface area contributed by atoms with Gasteiger partial charge in [-0.2, -0.15) is 4.98 Å². The second-order valence-electron chi connectivity index (χ2n) is 7.79. The van der Waals surface area contributed by atoms with Crippen LogP contribution in [0.25, 0.3) is 16.3 Å². The molecule has 35 heavy (non-hydrogen) atoms. The van der Waals surface area contributed by atoms with Crippen LogP contribution in [0.2, 0.25) is 0 Å². The molecule has 180 valence electrons. The highest BCUT2D eigenvalue weighted by molar-refractivity contribution is 7.17. The molecule has 10 nitrogen and oxygen atoms in total. The Kier molecular flexibility index (Phi) is 6.23. The van der Waals surface area contributed by atoms with Crippen molar-refractivity contribution in [3.05, 3.63) is 53.0 Å². The van der Waals surface area contributed by atoms with Gasteiger partial charge in [0, 0.05) is 35.2 Å². The number of amides is 2. The number of nitrogens with one attached hydrogen (secondary N) is 2. The van der Waals surface area contributed by atoms with Crippen molar-refractivity contribution < 1.29 is 23.8 Å². The van der Waals surface area contributed by atoms with E-state index in [-0.39, 0.29) is 0 Å². The third-order valence-electron chi connectivity index (χ3n) is 5.51. The van der Waals surface area contributed by atoms with Crippen LogP contribution in [0.1, 0.15) is 10.6 Å². The van der Waals surface area contributed by atoms with Gasteiger partial charge in [-0.15, -0.1) is 5.10 Å². The summed E-state index contributed by atoms with van der Waals surface area (Å²) in [7, 11) is 1.62. The number of methoxy groups -OCH3 is 1. The summed E-state index contributed by atoms with van der Waals surface area (Å²) in [6.45, 7) is 3.19. The van der Waals surface area contributed by atoms with Crippen LogP contribution in [0, 0.1) is 6.92 Å². The van der Waals surface area contributed by atoms with Gasteiger partial charge in [0.25, 0.3) is 0 Å². The lowest BCUT2D eigenvalue weighted by atomic mass is 10.2. The van der Waals surface area contributed by atoms with Gasteiger partial charge >= 0.3 is 11.8 Å². The molecule has 2 aromatic heterocycles. The monoisotopic (exact) mass is 493 g/mol. The van der Waals surface area contributed by atoms with Gasteiger partial charge in [-0.1, -0.05) is 11.3 Å². The second-order valence-corrected chi connectivity index (χ2v) is 8.85. The van der Waals surface area contributed by atoms with Gasteiger partial charge in [-0.05, 0) is 43.3 Å². The van der Waals surface area contributed by atoms with Crippen LogP contribution in [0.5, 0.6) is 17.2 Å². The van der Waals surface area contributed by atoms with Crippen molar-refractivity contribution in [2.45, 2.75) is 13.3 Å². The van der Waals surface area contributed by atoms with Crippen molar-refractivity contribution >= 4 is 33.8 Å². The largest absolute Gasteiger partial charge is 0.497 e. The first kappa shape index (κ1) is 22.7. The molecule has 1 aliphatic heterocycles. The van der Waals surface area contributed by atoms with Crippen molar-refractivity contribution in [2.75, 3.05) is 32.2 Å². The molecule has 0 aliphatic carbocycles. The summed E-state index contributed by atoms with van der Waals surface area (Å²) >= 11 is 1.51. The molecule has 0 saturated carbocycles. The first-order chi connectivity index (χ1) is 17.0. The molecule has 0 radical (unpaired) electrons. The van der Waals surface area contributed by atoms with E-state index >= 15 is 0 Å². The third kappa shape index (κ3) is 4.76. The van der Waals surface area contributed by atoms with Crippen molar-refractivity contribution in [1.82, 2.24) is 19.9 Å². The number of anilines is 1. The molecular formula is C24H23N5O5S. The zero-order valence-electron chi connectivity index (χ0n) is 19.2. The number of benzene rings is 2. The van der Waals surface area contributed by atoms with Crippen LogP contribution >= 0.6 is 11.3 Å². The smallest absolute Gasteiger partial charge is 0.313 e. The van der Waals surface area contributed by atoms with E-state index in [1.165, 1.54) is 11.3 Å². The van der Waals surface area contributed by atoms with Crippen molar-refractivity contribution in [2.24, 2.45) is 0 Å². The Hall–Kier alpha value is -4.12. The molecule has 2 N–H and O–H groups in total. The Balaban J connectivity index is 1.17. The van der Waals surface area contributed by atoms with E-state index in [1.54, 1.807) is 29.8 Å². The SMILES string of the molecule is COc1ccc(-c2nc3sc(CCNC(=O)C(=O)Nc4ccc5c(c4)OCCO5)c(C)n3n2)cc1. The average Bonchev–Trinajstić information content (AvgIpc) is 3.43. The van der Waals surface area contributed by atoms with E-state index in [1.807, 2.05) is 31.2 Å². The molecule has 0 bridgehead atoms. The number of thiazole rings is 1. The van der Waals surface area contributed by atoms with Crippen LogP contribution in [-0.2, 0) is 16.0 Å². The number of aromatic nitrogens is 3. The molecule has 5 rings (SSSR count). The lowest BCUT2D eigenvalue weighted by molar-refractivity contribution is -0.136. The van der Waals surface area contributed by atoms with Crippen molar-refractivity contribution in [3.8, 4) is 28.6 Å². The molecule has 0 saturated heterocycles. The fourth-order valence-electron chi connectivity index (χ4n) is 3.66. The van der Waals surface area contributed by atoms with Crippen LogP contribution in [0.15, 0.2) is 42.5 Å². The van der Waals surface area contributed by atoms with Crippen molar-refractivity contribution in [3.63, 3.8) is 0 Å². The normalized spacial score (nSPS) is 12.4. The summed E-state index contributed by atoms with van der Waals surface area (Å²) in [4.78, 5) is 31.0. The van der Waals surface area contributed by atoms with Gasteiger partial charge in [0.15, 0.2) is 17.3 Å². The number of carbonyl (C=O) groups is 2. The third-order valence-corrected chi connectivity index (χ3v) is 6.70. The number of aryl methyl sites for hydroxylation is 1. The highest BCUT2D eigenvalue weighted by atomic mass is 32.1. The molecular weight excluding hydrogens is 470 g/mol. The minimum absolute atomic E-state index is 0.309. The van der Waals surface area contributed by atoms with E-state index in [0.717, 1.165) is 26.8 Å². The lowest BCUT2D eigenvalue weighted by Gasteiger charge is -2.18. The summed E-state index contributed by atoms with van der Waals surface area (Å²) in [6.07, 6.45) is 0.558. The van der Waals surface area contributed by atoms with Gasteiger partial charge in [-0.25, -0.2) is 4.52 Å². The minimum Gasteiger partial charge on any atom is -0.497 e. The standard InChI is InChI=1S/C24H23N5O5S/c1-14-20(35-24-27-21(28-29(14)24)15-3-6-17(32-2)7-4-15)9-10-25-22(30)23(31)26-16-5-8-18-19(13-16)34-12-11-33-18/h3-8,13H,9-12H2,1-2H3,(H,25,30)(H,26,31). The fraction of sp³-hybridized carbons (Fsp3) is 0.250. The topological polar surface area (TPSA) is 116 Å². The van der Waals surface area contributed by atoms with Gasteiger partial charge in [0.1, 0.15) is 19.0 Å². The number of nitrogens with zero attached hydrogens (tertiary/aromatic N) is 3. The molecule has 1 aliphatic rings. The quantitative estimate of drug-likeness (QED) is 0.397. The van der Waals surface area contributed by atoms with Crippen LogP contribution in [-0.4, -0.2) is 53.3 Å². The number of fused-ring (bicyclic) bond motifs is 2. The summed E-state index contributed by atoms with van der Waals surface area (Å²) in [6, 6.07) is 12.6. The lowest BCUT2D eigenvalue weighted by Crippen LogP contribution is -2.36. The minimum atomic E-state index is -0.745. The molecule has 2 aromatic carbocycles. The maximum Gasteiger partial charge on any atom is 0.313 e. The maximum atomic E-state index is 12.3. The Labute approximate surface area is 204 Å². The van der Waals surface area contributed by atoms with Crippen LogP contribution in [0.4, 0.5) is 5.69 Å². The highest BCUT2D eigenvalue weighted by Crippen LogP contribution is 2.32. The molecule has 0 unspecified atom stereocenters. The molecule has 4 aromatic rings. The molecule has 11 heteroatoms. The maximum absolute atomic E-state index is 12.3. The molecule has 0 fully saturated rings. The van der Waals surface area contributed by atoms with Crippen LogP contribution in [0.3, 0.4) is 0 Å². The first-order valence-electron chi connectivity index (χ1n) is 11.0. The predicted molar refractivity (Wildman–Crippen MR) is 130 cm³/mol. The van der Waals surface area contributed by atoms with Crippen LogP contribution < -0.4 is 24.8 Å². The zero-order chi connectivity index (χ0) is 24.4. The Morgan fingerprint density at radius 3 is 2.60 bits per heavy atom. The molecule has 0 atom stereocenters. The number of ether oxygens (including phenoxy) is 3. The molecule has 3 heterocycles. The van der Waals surface area contributed by atoms with E-state index < -0.39 is 11.8 Å². The van der Waals surface area contributed by atoms with E-state index in [4.69, 9.17) is 14.2 Å². The Morgan fingerprint density at radius 2 is 1.86 bits per heavy atom. The van der Waals surface area contributed by atoms with E-state index in [9.17, 15) is 9.59 Å². The summed E-state index contributed by atoms with van der Waals surface area (Å²) in [5, 5.41) is 9.86. The Bertz CT molecular complexity index is 1400. The number of hydrogen-bond acceptors (Lipinski definition) is 8. The zero-order valence-corrected chi connectivity index (χ0v) is 20.0. The van der Waals surface area contributed by atoms with Gasteiger partial charge in [0.2, 0.25) is 4.96 Å². The van der Waals surface area contributed by atoms with Gasteiger partial charge < -0.3 is 24.8 Å². The predicted octanol–water partition coefficient (Wildman–Crippen LogP) is 2.84. The molecule has 2 amide bonds. The summed E-state index contributed by atoms with van der Waals surface area (Å²) in [5.41, 5.74) is 2.31. The first-order valence-corrected chi connectivity index (χ1v) is 11.8. The molecule has 0 spiro atoms. The number of carbonyl (C=O) groups excluding carboxylic acids is 2. The summed E-state index contributed by atoms with van der Waals surface area (Å²) < 4.78 is 18.0. The van der Waals surface area contributed by atoms with E-state index in [0.29, 0.717) is 49.2 Å². The summed E-state index contributed by atoms with van der Waals surface area (Å²) in [5.74, 6) is 1.11. The number of rotatable bonds is 6.